The van der Waals surface area contributed by atoms with Gasteiger partial charge < -0.3 is 19.7 Å². The lowest BCUT2D eigenvalue weighted by atomic mass is 9.99. The molecule has 2 aliphatic heterocycles. The highest BCUT2D eigenvalue weighted by Gasteiger charge is 2.34. The van der Waals surface area contributed by atoms with Gasteiger partial charge >= 0.3 is 6.09 Å². The van der Waals surface area contributed by atoms with Crippen LogP contribution in [-0.4, -0.2) is 68.5 Å². The molecule has 0 saturated carbocycles. The number of nitrogens with one attached hydrogen (secondary N) is 1. The van der Waals surface area contributed by atoms with Gasteiger partial charge in [-0.1, -0.05) is 11.3 Å². The van der Waals surface area contributed by atoms with Crippen molar-refractivity contribution in [2.45, 2.75) is 30.7 Å². The molecular formula is C21H26N4O6S2. The summed E-state index contributed by atoms with van der Waals surface area (Å²) in [5.41, 5.74) is 0.864. The second kappa shape index (κ2) is 9.65. The lowest BCUT2D eigenvalue weighted by molar-refractivity contribution is -0.120. The van der Waals surface area contributed by atoms with Gasteiger partial charge in [-0.2, -0.15) is 4.31 Å². The predicted octanol–water partition coefficient (Wildman–Crippen LogP) is 2.32. The van der Waals surface area contributed by atoms with E-state index in [0.717, 1.165) is 10.6 Å². The Balaban J connectivity index is 1.41. The molecule has 1 fully saturated rings. The van der Waals surface area contributed by atoms with E-state index in [2.05, 4.69) is 10.3 Å². The zero-order chi connectivity index (χ0) is 23.6. The number of piperidine rings is 1. The highest BCUT2D eigenvalue weighted by atomic mass is 32.2. The van der Waals surface area contributed by atoms with Crippen LogP contribution >= 0.6 is 11.3 Å². The summed E-state index contributed by atoms with van der Waals surface area (Å²) in [6, 6.07) is 6.23. The molecule has 12 heteroatoms. The van der Waals surface area contributed by atoms with Crippen LogP contribution in [0.5, 0.6) is 5.75 Å². The van der Waals surface area contributed by atoms with E-state index >= 15 is 0 Å². The summed E-state index contributed by atoms with van der Waals surface area (Å²) in [5.74, 6) is -0.148. The molecule has 1 N–H and O–H groups in total. The van der Waals surface area contributed by atoms with Crippen LogP contribution in [0.4, 0.5) is 9.93 Å². The highest BCUT2D eigenvalue weighted by molar-refractivity contribution is 7.89. The summed E-state index contributed by atoms with van der Waals surface area (Å²) in [5, 5.41) is 3.31. The van der Waals surface area contributed by atoms with Crippen molar-refractivity contribution >= 4 is 38.5 Å². The Kier molecular flexibility index (Phi) is 6.86. The number of ether oxygens (including phenoxy) is 2. The van der Waals surface area contributed by atoms with Crippen molar-refractivity contribution in [1.82, 2.24) is 14.2 Å². The maximum Gasteiger partial charge on any atom is 0.409 e. The average Bonchev–Trinajstić information content (AvgIpc) is 3.25. The maximum absolute atomic E-state index is 13.1. The number of sulfonamides is 1. The number of amides is 2. The van der Waals surface area contributed by atoms with Gasteiger partial charge in [0.25, 0.3) is 0 Å². The minimum atomic E-state index is -3.71. The summed E-state index contributed by atoms with van der Waals surface area (Å²) in [7, 11) is -0.845. The number of nitrogens with zero attached hydrogens (tertiary/aromatic N) is 3. The molecule has 3 heterocycles. The summed E-state index contributed by atoms with van der Waals surface area (Å²) in [6.07, 6.45) is 1.39. The van der Waals surface area contributed by atoms with Crippen molar-refractivity contribution in [3.05, 3.63) is 34.8 Å². The van der Waals surface area contributed by atoms with Crippen molar-refractivity contribution in [3.8, 4) is 5.75 Å². The second-order valence-electron chi connectivity index (χ2n) is 7.90. The molecule has 1 aromatic carbocycles. The zero-order valence-electron chi connectivity index (χ0n) is 18.4. The fourth-order valence-corrected chi connectivity index (χ4v) is 6.56. The molecule has 2 amide bonds. The molecule has 0 radical (unpaired) electrons. The van der Waals surface area contributed by atoms with E-state index < -0.39 is 15.9 Å². The number of methoxy groups -OCH3 is 2. The van der Waals surface area contributed by atoms with Gasteiger partial charge in [-0.05, 0) is 37.1 Å². The van der Waals surface area contributed by atoms with E-state index in [1.54, 1.807) is 17.0 Å². The number of aromatic nitrogens is 1. The standard InChI is InChI=1S/C21H26N4O6S2/c1-30-15-5-7-16(8-6-15)33(28,29)25-10-3-4-14(12-25)19(26)23-20-22-17-9-11-24(21(27)31-2)13-18(17)32-20/h5-8,14H,3-4,9-13H2,1-2H3,(H,22,23,26). The third-order valence-corrected chi connectivity index (χ3v) is 8.72. The normalized spacial score (nSPS) is 19.0. The number of benzene rings is 1. The van der Waals surface area contributed by atoms with Crippen molar-refractivity contribution in [1.29, 1.82) is 0 Å². The topological polar surface area (TPSA) is 118 Å². The zero-order valence-corrected chi connectivity index (χ0v) is 20.1. The Hall–Kier alpha value is -2.70. The minimum Gasteiger partial charge on any atom is -0.497 e. The number of carbonyl (C=O) groups is 2. The number of thiazole rings is 1. The maximum atomic E-state index is 13.1. The monoisotopic (exact) mass is 494 g/mol. The molecule has 0 spiro atoms. The first-order chi connectivity index (χ1) is 15.8. The van der Waals surface area contributed by atoms with Gasteiger partial charge in [0.2, 0.25) is 15.9 Å². The Morgan fingerprint density at radius 3 is 2.64 bits per heavy atom. The van der Waals surface area contributed by atoms with Crippen LogP contribution in [-0.2, 0) is 32.5 Å². The Bertz CT molecular complexity index is 1130. The molecule has 4 rings (SSSR count). The van der Waals surface area contributed by atoms with Crippen LogP contribution in [0.25, 0.3) is 0 Å². The van der Waals surface area contributed by atoms with E-state index in [4.69, 9.17) is 9.47 Å². The first-order valence-electron chi connectivity index (χ1n) is 10.6. The van der Waals surface area contributed by atoms with Gasteiger partial charge in [0.05, 0.1) is 37.3 Å². The first-order valence-corrected chi connectivity index (χ1v) is 12.8. The van der Waals surface area contributed by atoms with E-state index in [0.29, 0.717) is 49.8 Å². The molecule has 1 atom stereocenters. The van der Waals surface area contributed by atoms with E-state index in [1.165, 1.54) is 42.0 Å². The molecule has 2 aliphatic rings. The van der Waals surface area contributed by atoms with Gasteiger partial charge in [-0.25, -0.2) is 18.2 Å². The molecule has 1 aromatic heterocycles. The third kappa shape index (κ3) is 4.97. The molecule has 0 bridgehead atoms. The number of anilines is 1. The van der Waals surface area contributed by atoms with Crippen LogP contribution in [0.3, 0.4) is 0 Å². The van der Waals surface area contributed by atoms with E-state index in [1.807, 2.05) is 0 Å². The van der Waals surface area contributed by atoms with Crippen LogP contribution in [0.2, 0.25) is 0 Å². The van der Waals surface area contributed by atoms with Gasteiger partial charge in [0, 0.05) is 30.9 Å². The average molecular weight is 495 g/mol. The largest absolute Gasteiger partial charge is 0.497 e. The van der Waals surface area contributed by atoms with Gasteiger partial charge in [0.1, 0.15) is 5.75 Å². The first kappa shape index (κ1) is 23.5. The highest BCUT2D eigenvalue weighted by Crippen LogP contribution is 2.30. The summed E-state index contributed by atoms with van der Waals surface area (Å²) < 4.78 is 37.4. The molecule has 10 nitrogen and oxygen atoms in total. The molecule has 0 aliphatic carbocycles. The lowest BCUT2D eigenvalue weighted by Gasteiger charge is -2.31. The molecular weight excluding hydrogens is 468 g/mol. The third-order valence-electron chi connectivity index (χ3n) is 5.85. The Morgan fingerprint density at radius 2 is 1.94 bits per heavy atom. The fourth-order valence-electron chi connectivity index (χ4n) is 4.01. The van der Waals surface area contributed by atoms with Crippen molar-refractivity contribution in [2.24, 2.45) is 5.92 Å². The minimum absolute atomic E-state index is 0.113. The molecule has 1 unspecified atom stereocenters. The van der Waals surface area contributed by atoms with Crippen molar-refractivity contribution in [3.63, 3.8) is 0 Å². The Labute approximate surface area is 196 Å². The lowest BCUT2D eigenvalue weighted by Crippen LogP contribution is -2.43. The van der Waals surface area contributed by atoms with Gasteiger partial charge in [-0.15, -0.1) is 0 Å². The quantitative estimate of drug-likeness (QED) is 0.678. The summed E-state index contributed by atoms with van der Waals surface area (Å²) in [6.45, 7) is 1.39. The predicted molar refractivity (Wildman–Crippen MR) is 122 cm³/mol. The van der Waals surface area contributed by atoms with Crippen LogP contribution in [0, 0.1) is 5.92 Å². The fraction of sp³-hybridized carbons (Fsp3) is 0.476. The van der Waals surface area contributed by atoms with Crippen molar-refractivity contribution in [2.75, 3.05) is 39.2 Å². The van der Waals surface area contributed by atoms with Crippen LogP contribution in [0.15, 0.2) is 29.2 Å². The molecule has 33 heavy (non-hydrogen) atoms. The summed E-state index contributed by atoms with van der Waals surface area (Å²) >= 11 is 1.33. The van der Waals surface area contributed by atoms with E-state index in [9.17, 15) is 18.0 Å². The number of fused-ring (bicyclic) bond motifs is 1. The second-order valence-corrected chi connectivity index (χ2v) is 10.9. The summed E-state index contributed by atoms with van der Waals surface area (Å²) in [4.78, 5) is 31.9. The molecule has 1 saturated heterocycles. The number of hydrogen-bond acceptors (Lipinski definition) is 8. The number of rotatable bonds is 5. The molecule has 178 valence electrons. The van der Waals surface area contributed by atoms with Crippen LogP contribution < -0.4 is 10.1 Å². The molecule has 2 aromatic rings. The van der Waals surface area contributed by atoms with Crippen molar-refractivity contribution < 1.29 is 27.5 Å². The Morgan fingerprint density at radius 1 is 1.18 bits per heavy atom. The van der Waals surface area contributed by atoms with Gasteiger partial charge in [-0.3, -0.25) is 4.79 Å². The SMILES string of the molecule is COC(=O)N1CCc2nc(NC(=O)C3CCCN(S(=O)(=O)c4ccc(OC)cc4)C3)sc2C1. The smallest absolute Gasteiger partial charge is 0.409 e. The van der Waals surface area contributed by atoms with Gasteiger partial charge in [0.15, 0.2) is 5.13 Å². The number of hydrogen-bond donors (Lipinski definition) is 1. The van der Waals surface area contributed by atoms with E-state index in [-0.39, 0.29) is 23.4 Å². The number of carbonyl (C=O) groups excluding carboxylic acids is 2. The van der Waals surface area contributed by atoms with Crippen LogP contribution in [0.1, 0.15) is 23.4 Å².